The van der Waals surface area contributed by atoms with Crippen LogP contribution in [0, 0.1) is 12.7 Å². The molecule has 1 aromatic rings. The quantitative estimate of drug-likeness (QED) is 0.752. The van der Waals surface area contributed by atoms with Gasteiger partial charge in [0.25, 0.3) is 0 Å². The molecule has 0 radical (unpaired) electrons. The molecule has 16 heavy (non-hydrogen) atoms. The van der Waals surface area contributed by atoms with E-state index in [-0.39, 0.29) is 11.9 Å². The van der Waals surface area contributed by atoms with Crippen LogP contribution in [0.4, 0.5) is 4.39 Å². The number of aryl methyl sites for hydroxylation is 1. The molecule has 2 nitrogen and oxygen atoms in total. The van der Waals surface area contributed by atoms with E-state index >= 15 is 0 Å². The van der Waals surface area contributed by atoms with E-state index in [1.165, 1.54) is 0 Å². The van der Waals surface area contributed by atoms with Crippen molar-refractivity contribution < 1.29 is 9.13 Å². The van der Waals surface area contributed by atoms with Crippen LogP contribution in [0.25, 0.3) is 0 Å². The summed E-state index contributed by atoms with van der Waals surface area (Å²) in [5.74, 6) is 0.111. The van der Waals surface area contributed by atoms with Crippen LogP contribution >= 0.6 is 0 Å². The Balaban J connectivity index is 2.49. The summed E-state index contributed by atoms with van der Waals surface area (Å²) in [6.45, 7) is 4.68. The van der Waals surface area contributed by atoms with Crippen molar-refractivity contribution in [3.63, 3.8) is 0 Å². The first-order valence-electron chi connectivity index (χ1n) is 5.71. The van der Waals surface area contributed by atoms with Crippen LogP contribution < -0.4 is 10.1 Å². The fourth-order valence-electron chi connectivity index (χ4n) is 1.55. The van der Waals surface area contributed by atoms with Gasteiger partial charge >= 0.3 is 0 Å². The van der Waals surface area contributed by atoms with E-state index in [2.05, 4.69) is 5.32 Å². The molecule has 0 aliphatic rings. The van der Waals surface area contributed by atoms with Crippen LogP contribution in [0.15, 0.2) is 18.2 Å². The maximum atomic E-state index is 13.6. The van der Waals surface area contributed by atoms with E-state index in [0.29, 0.717) is 11.3 Å². The van der Waals surface area contributed by atoms with E-state index < -0.39 is 0 Å². The minimum Gasteiger partial charge on any atom is -0.488 e. The molecule has 3 heteroatoms. The predicted octanol–water partition coefficient (Wildman–Crippen LogP) is 2.90. The van der Waals surface area contributed by atoms with Gasteiger partial charge in [-0.2, -0.15) is 0 Å². The Morgan fingerprint density at radius 1 is 1.44 bits per heavy atom. The van der Waals surface area contributed by atoms with E-state index in [1.54, 1.807) is 19.1 Å². The van der Waals surface area contributed by atoms with Crippen LogP contribution in [0.5, 0.6) is 5.75 Å². The molecule has 1 atom stereocenters. The number of rotatable bonds is 6. The summed E-state index contributed by atoms with van der Waals surface area (Å²) in [6.07, 6.45) is 2.00. The Morgan fingerprint density at radius 2 is 2.19 bits per heavy atom. The summed E-state index contributed by atoms with van der Waals surface area (Å²) < 4.78 is 19.2. The first kappa shape index (κ1) is 13.0. The molecule has 0 saturated carbocycles. The molecular formula is C13H20FNO. The van der Waals surface area contributed by atoms with E-state index in [0.717, 1.165) is 19.4 Å². The second-order valence-corrected chi connectivity index (χ2v) is 4.06. The lowest BCUT2D eigenvalue weighted by Crippen LogP contribution is -2.16. The molecule has 0 spiro atoms. The molecule has 1 rings (SSSR count). The molecule has 0 saturated heterocycles. The summed E-state index contributed by atoms with van der Waals surface area (Å²) in [5.41, 5.74) is 0.625. The minimum absolute atomic E-state index is 0.0460. The second kappa shape index (κ2) is 6.48. The van der Waals surface area contributed by atoms with Gasteiger partial charge in [0.1, 0.15) is 0 Å². The topological polar surface area (TPSA) is 21.3 Å². The van der Waals surface area contributed by atoms with Crippen molar-refractivity contribution in [1.29, 1.82) is 0 Å². The average molecular weight is 225 g/mol. The van der Waals surface area contributed by atoms with E-state index in [1.807, 2.05) is 20.0 Å². The fraction of sp³-hybridized carbons (Fsp3) is 0.538. The maximum absolute atomic E-state index is 13.6. The van der Waals surface area contributed by atoms with Gasteiger partial charge in [0, 0.05) is 0 Å². The molecule has 90 valence electrons. The Hall–Kier alpha value is -1.09. The Bertz CT molecular complexity index is 328. The number of benzene rings is 1. The molecule has 1 aromatic carbocycles. The largest absolute Gasteiger partial charge is 0.488 e. The molecule has 0 aliphatic carbocycles. The zero-order chi connectivity index (χ0) is 12.0. The molecular weight excluding hydrogens is 205 g/mol. The lowest BCUT2D eigenvalue weighted by atomic mass is 10.2. The standard InChI is InChI=1S/C13H20FNO/c1-10-6-4-8-12(13(10)14)16-11(2)7-5-9-15-3/h4,6,8,11,15H,5,7,9H2,1-3H3. The fourth-order valence-corrected chi connectivity index (χ4v) is 1.55. The highest BCUT2D eigenvalue weighted by molar-refractivity contribution is 5.30. The molecule has 0 bridgehead atoms. The SMILES string of the molecule is CNCCCC(C)Oc1cccc(C)c1F. The molecule has 0 fully saturated rings. The van der Waals surface area contributed by atoms with Gasteiger partial charge < -0.3 is 10.1 Å². The molecule has 0 aromatic heterocycles. The van der Waals surface area contributed by atoms with E-state index in [4.69, 9.17) is 4.74 Å². The zero-order valence-corrected chi connectivity index (χ0v) is 10.2. The molecule has 0 amide bonds. The first-order valence-corrected chi connectivity index (χ1v) is 5.71. The summed E-state index contributed by atoms with van der Waals surface area (Å²) in [5, 5.41) is 3.08. The maximum Gasteiger partial charge on any atom is 0.167 e. The number of nitrogens with one attached hydrogen (secondary N) is 1. The zero-order valence-electron chi connectivity index (χ0n) is 10.2. The van der Waals surface area contributed by atoms with Gasteiger partial charge in [0.15, 0.2) is 11.6 Å². The van der Waals surface area contributed by atoms with Gasteiger partial charge in [-0.05, 0) is 51.9 Å². The summed E-state index contributed by atoms with van der Waals surface area (Å²) in [4.78, 5) is 0. The molecule has 1 unspecified atom stereocenters. The van der Waals surface area contributed by atoms with Crippen LogP contribution in [-0.4, -0.2) is 19.7 Å². The summed E-state index contributed by atoms with van der Waals surface area (Å²) in [6, 6.07) is 5.23. The van der Waals surface area contributed by atoms with Crippen molar-refractivity contribution >= 4 is 0 Å². The van der Waals surface area contributed by atoms with Crippen molar-refractivity contribution in [3.8, 4) is 5.75 Å². The lowest BCUT2D eigenvalue weighted by molar-refractivity contribution is 0.198. The number of ether oxygens (including phenoxy) is 1. The summed E-state index contributed by atoms with van der Waals surface area (Å²) >= 11 is 0. The van der Waals surface area contributed by atoms with Crippen LogP contribution in [0.2, 0.25) is 0 Å². The number of hydrogen-bond donors (Lipinski definition) is 1. The van der Waals surface area contributed by atoms with Crippen LogP contribution in [0.3, 0.4) is 0 Å². The van der Waals surface area contributed by atoms with Gasteiger partial charge in [-0.15, -0.1) is 0 Å². The highest BCUT2D eigenvalue weighted by Gasteiger charge is 2.09. The van der Waals surface area contributed by atoms with Crippen molar-refractivity contribution in [1.82, 2.24) is 5.32 Å². The second-order valence-electron chi connectivity index (χ2n) is 4.06. The molecule has 0 heterocycles. The van der Waals surface area contributed by atoms with Crippen molar-refractivity contribution in [2.24, 2.45) is 0 Å². The number of hydrogen-bond acceptors (Lipinski definition) is 2. The van der Waals surface area contributed by atoms with Gasteiger partial charge in [-0.3, -0.25) is 0 Å². The first-order chi connectivity index (χ1) is 7.65. The van der Waals surface area contributed by atoms with E-state index in [9.17, 15) is 4.39 Å². The van der Waals surface area contributed by atoms with Crippen LogP contribution in [-0.2, 0) is 0 Å². The van der Waals surface area contributed by atoms with Gasteiger partial charge in [0.05, 0.1) is 6.10 Å². The lowest BCUT2D eigenvalue weighted by Gasteiger charge is -2.15. The summed E-state index contributed by atoms with van der Waals surface area (Å²) in [7, 11) is 1.92. The Labute approximate surface area is 96.8 Å². The van der Waals surface area contributed by atoms with Gasteiger partial charge in [-0.1, -0.05) is 12.1 Å². The van der Waals surface area contributed by atoms with Crippen molar-refractivity contribution in [2.75, 3.05) is 13.6 Å². The highest BCUT2D eigenvalue weighted by atomic mass is 19.1. The third kappa shape index (κ3) is 3.81. The smallest absolute Gasteiger partial charge is 0.167 e. The molecule has 1 N–H and O–H groups in total. The Morgan fingerprint density at radius 3 is 2.88 bits per heavy atom. The number of halogens is 1. The third-order valence-corrected chi connectivity index (χ3v) is 2.52. The monoisotopic (exact) mass is 225 g/mol. The van der Waals surface area contributed by atoms with Crippen molar-refractivity contribution in [3.05, 3.63) is 29.6 Å². The average Bonchev–Trinajstić information content (AvgIpc) is 2.25. The van der Waals surface area contributed by atoms with Crippen LogP contribution in [0.1, 0.15) is 25.3 Å². The van der Waals surface area contributed by atoms with Gasteiger partial charge in [-0.25, -0.2) is 4.39 Å². The molecule has 0 aliphatic heterocycles. The van der Waals surface area contributed by atoms with Gasteiger partial charge in [0.2, 0.25) is 0 Å². The minimum atomic E-state index is -0.247. The predicted molar refractivity (Wildman–Crippen MR) is 64.4 cm³/mol. The normalized spacial score (nSPS) is 12.5. The third-order valence-electron chi connectivity index (χ3n) is 2.52. The highest BCUT2D eigenvalue weighted by Crippen LogP contribution is 2.21. The van der Waals surface area contributed by atoms with Crippen molar-refractivity contribution in [2.45, 2.75) is 32.8 Å². The Kier molecular flexibility index (Phi) is 5.26.